The molecule has 32 heavy (non-hydrogen) atoms. The zero-order chi connectivity index (χ0) is 22.4. The smallest absolute Gasteiger partial charge is 0.545 e. The van der Waals surface area contributed by atoms with Crippen molar-refractivity contribution < 1.29 is 53.0 Å². The zero-order valence-corrected chi connectivity index (χ0v) is 21.1. The normalized spacial score (nSPS) is 12.1. The summed E-state index contributed by atoms with van der Waals surface area (Å²) in [5.74, 6) is -1.36. The quantitative estimate of drug-likeness (QED) is 0.312. The first-order chi connectivity index (χ1) is 14.8. The second kappa shape index (κ2) is 12.0. The van der Waals surface area contributed by atoms with Gasteiger partial charge in [0.05, 0.1) is 21.9 Å². The summed E-state index contributed by atoms with van der Waals surface area (Å²) in [7, 11) is -3.74. The number of aliphatic hydroxyl groups excluding tert-OH is 1. The molecule has 2 N–H and O–H groups in total. The van der Waals surface area contributed by atoms with Crippen LogP contribution in [0.2, 0.25) is 5.02 Å². The molecule has 9 heteroatoms. The van der Waals surface area contributed by atoms with E-state index in [9.17, 15) is 23.4 Å². The first-order valence-corrected chi connectivity index (χ1v) is 11.4. The molecule has 0 radical (unpaired) electrons. The van der Waals surface area contributed by atoms with E-state index in [-0.39, 0.29) is 44.9 Å². The Hall–Kier alpha value is -1.71. The summed E-state index contributed by atoms with van der Waals surface area (Å²) in [6, 6.07) is 18.5. The van der Waals surface area contributed by atoms with Crippen molar-refractivity contribution in [2.45, 2.75) is 22.3 Å². The summed E-state index contributed by atoms with van der Waals surface area (Å²) in [6.45, 7) is 0.975. The van der Waals surface area contributed by atoms with Crippen LogP contribution in [0.4, 0.5) is 0 Å². The first-order valence-electron chi connectivity index (χ1n) is 9.57. The molecule has 1 atom stereocenters. The molecular weight excluding hydrogens is 461 g/mol. The molecule has 0 fully saturated rings. The largest absolute Gasteiger partial charge is 1.00 e. The number of carboxylic acid groups (broad SMARTS) is 1. The molecule has 0 saturated carbocycles. The van der Waals surface area contributed by atoms with Gasteiger partial charge in [-0.15, -0.1) is 0 Å². The van der Waals surface area contributed by atoms with Gasteiger partial charge in [-0.3, -0.25) is 0 Å². The maximum Gasteiger partial charge on any atom is 1.00 e. The van der Waals surface area contributed by atoms with Crippen LogP contribution in [0.25, 0.3) is 0 Å². The molecule has 0 aromatic heterocycles. The van der Waals surface area contributed by atoms with Crippen molar-refractivity contribution >= 4 is 27.4 Å². The van der Waals surface area contributed by atoms with Gasteiger partial charge in [0.2, 0.25) is 9.84 Å². The molecular formula is C23H21ClNNaO5S. The van der Waals surface area contributed by atoms with Crippen molar-refractivity contribution in [2.75, 3.05) is 13.1 Å². The second-order valence-electron chi connectivity index (χ2n) is 6.98. The maximum absolute atomic E-state index is 12.7. The van der Waals surface area contributed by atoms with Crippen molar-refractivity contribution in [2.24, 2.45) is 0 Å². The molecule has 0 aliphatic rings. The summed E-state index contributed by atoms with van der Waals surface area (Å²) < 4.78 is 25.4. The molecule has 0 amide bonds. The molecule has 0 bridgehead atoms. The Labute approximate surface area is 214 Å². The summed E-state index contributed by atoms with van der Waals surface area (Å²) in [5.41, 5.74) is 1.60. The van der Waals surface area contributed by atoms with E-state index in [0.717, 1.165) is 11.1 Å². The van der Waals surface area contributed by atoms with Gasteiger partial charge in [0, 0.05) is 11.6 Å². The molecule has 0 aliphatic carbocycles. The van der Waals surface area contributed by atoms with Crippen LogP contribution in [-0.2, 0) is 16.3 Å². The van der Waals surface area contributed by atoms with E-state index in [0.29, 0.717) is 24.5 Å². The van der Waals surface area contributed by atoms with E-state index in [1.165, 1.54) is 36.4 Å². The minimum absolute atomic E-state index is 0. The van der Waals surface area contributed by atoms with E-state index in [1.54, 1.807) is 30.3 Å². The molecule has 0 unspecified atom stereocenters. The van der Waals surface area contributed by atoms with Crippen molar-refractivity contribution in [3.8, 4) is 0 Å². The summed E-state index contributed by atoms with van der Waals surface area (Å²) in [4.78, 5) is 11.0. The van der Waals surface area contributed by atoms with E-state index in [1.807, 2.05) is 6.07 Å². The number of nitrogens with one attached hydrogen (secondary N) is 1. The van der Waals surface area contributed by atoms with Gasteiger partial charge in [-0.1, -0.05) is 48.0 Å². The molecule has 3 aromatic carbocycles. The Balaban J connectivity index is 0.00000363. The third kappa shape index (κ3) is 6.89. The topological polar surface area (TPSA) is 107 Å². The predicted octanol–water partition coefficient (Wildman–Crippen LogP) is -0.594. The van der Waals surface area contributed by atoms with Gasteiger partial charge in [-0.2, -0.15) is 0 Å². The number of benzene rings is 3. The fraction of sp³-hybridized carbons (Fsp3) is 0.174. The van der Waals surface area contributed by atoms with Crippen LogP contribution in [0, 0.1) is 0 Å². The SMILES string of the molecule is O=C([O-])c1ccc(S(=O)(=O)c2ccc(CCNC[C@H](O)c3cccc(Cl)c3)cc2)cc1.[Na+]. The number of aliphatic hydroxyl groups is 1. The average Bonchev–Trinajstić information content (AvgIpc) is 2.77. The van der Waals surface area contributed by atoms with Crippen LogP contribution in [0.1, 0.15) is 27.6 Å². The van der Waals surface area contributed by atoms with E-state index in [4.69, 9.17) is 11.6 Å². The summed E-state index contributed by atoms with van der Waals surface area (Å²) in [5, 5.41) is 24.8. The Morgan fingerprint density at radius 2 is 1.59 bits per heavy atom. The summed E-state index contributed by atoms with van der Waals surface area (Å²) >= 11 is 5.93. The number of carboxylic acids is 1. The Bertz CT molecular complexity index is 1150. The third-order valence-corrected chi connectivity index (χ3v) is 6.82. The number of sulfone groups is 1. The molecule has 0 heterocycles. The van der Waals surface area contributed by atoms with Gasteiger partial charge in [-0.05, 0) is 66.1 Å². The van der Waals surface area contributed by atoms with Gasteiger partial charge in [-0.25, -0.2) is 8.42 Å². The van der Waals surface area contributed by atoms with Crippen LogP contribution in [0.15, 0.2) is 82.6 Å². The monoisotopic (exact) mass is 481 g/mol. The van der Waals surface area contributed by atoms with E-state index in [2.05, 4.69) is 5.32 Å². The molecule has 0 spiro atoms. The van der Waals surface area contributed by atoms with Gasteiger partial charge < -0.3 is 20.3 Å². The van der Waals surface area contributed by atoms with Gasteiger partial charge in [0.15, 0.2) is 0 Å². The Morgan fingerprint density at radius 1 is 1.00 bits per heavy atom. The van der Waals surface area contributed by atoms with E-state index < -0.39 is 21.9 Å². The number of carbonyl (C=O) groups excluding carboxylic acids is 1. The fourth-order valence-electron chi connectivity index (χ4n) is 3.04. The maximum atomic E-state index is 12.7. The average molecular weight is 482 g/mol. The number of hydrogen-bond donors (Lipinski definition) is 2. The Morgan fingerprint density at radius 3 is 2.16 bits per heavy atom. The van der Waals surface area contributed by atoms with Gasteiger partial charge in [0.25, 0.3) is 0 Å². The number of carbonyl (C=O) groups is 1. The predicted molar refractivity (Wildman–Crippen MR) is 116 cm³/mol. The standard InChI is InChI=1S/C23H22ClNO5S.Na/c24-19-3-1-2-18(14-19)22(26)15-25-13-12-16-4-8-20(9-5-16)31(29,30)21-10-6-17(7-11-21)23(27)28;/h1-11,14,22,25-26H,12-13,15H2,(H,27,28);/q;+1/p-1/t22-;/m0./s1. The van der Waals surface area contributed by atoms with Crippen molar-refractivity contribution in [1.82, 2.24) is 5.32 Å². The van der Waals surface area contributed by atoms with Crippen LogP contribution >= 0.6 is 11.6 Å². The van der Waals surface area contributed by atoms with Crippen LogP contribution < -0.4 is 40.0 Å². The zero-order valence-electron chi connectivity index (χ0n) is 17.5. The molecule has 3 aromatic rings. The number of halogens is 1. The van der Waals surface area contributed by atoms with Crippen LogP contribution in [0.5, 0.6) is 0 Å². The molecule has 0 saturated heterocycles. The Kier molecular flexibility index (Phi) is 9.91. The van der Waals surface area contributed by atoms with Crippen molar-refractivity contribution in [3.63, 3.8) is 0 Å². The molecule has 162 valence electrons. The minimum atomic E-state index is -3.74. The van der Waals surface area contributed by atoms with Crippen molar-refractivity contribution in [1.29, 1.82) is 0 Å². The minimum Gasteiger partial charge on any atom is -0.545 e. The number of rotatable bonds is 9. The molecule has 6 nitrogen and oxygen atoms in total. The molecule has 3 rings (SSSR count). The van der Waals surface area contributed by atoms with Crippen molar-refractivity contribution in [3.05, 3.63) is 94.5 Å². The van der Waals surface area contributed by atoms with Gasteiger partial charge >= 0.3 is 29.6 Å². The number of aromatic carboxylic acids is 1. The summed E-state index contributed by atoms with van der Waals surface area (Å²) in [6.07, 6.45) is -0.0161. The second-order valence-corrected chi connectivity index (χ2v) is 9.37. The third-order valence-electron chi connectivity index (χ3n) is 4.80. The molecule has 0 aliphatic heterocycles. The van der Waals surface area contributed by atoms with Crippen LogP contribution in [-0.4, -0.2) is 32.6 Å². The van der Waals surface area contributed by atoms with Gasteiger partial charge in [0.1, 0.15) is 0 Å². The van der Waals surface area contributed by atoms with Crippen LogP contribution in [0.3, 0.4) is 0 Å². The first kappa shape index (κ1) is 26.5. The number of hydrogen-bond acceptors (Lipinski definition) is 6. The van der Waals surface area contributed by atoms with E-state index >= 15 is 0 Å². The fourth-order valence-corrected chi connectivity index (χ4v) is 4.50.